The summed E-state index contributed by atoms with van der Waals surface area (Å²) in [5.41, 5.74) is 7.71. The molecule has 2 N–H and O–H groups in total. The lowest BCUT2D eigenvalue weighted by molar-refractivity contribution is 0.768. The zero-order chi connectivity index (χ0) is 20.1. The van der Waals surface area contributed by atoms with Gasteiger partial charge in [0, 0.05) is 30.6 Å². The maximum atomic E-state index is 4.85. The maximum absolute atomic E-state index is 4.85. The molecule has 0 fully saturated rings. The highest BCUT2D eigenvalue weighted by atomic mass is 15.2. The number of para-hydroxylation sites is 1. The third-order valence-corrected chi connectivity index (χ3v) is 5.09. The van der Waals surface area contributed by atoms with Gasteiger partial charge in [0.05, 0.1) is 34.1 Å². The normalized spacial score (nSPS) is 11.5. The van der Waals surface area contributed by atoms with Crippen molar-refractivity contribution in [2.75, 3.05) is 0 Å². The molecule has 1 aromatic carbocycles. The quantitative estimate of drug-likeness (QED) is 0.475. The van der Waals surface area contributed by atoms with Crippen molar-refractivity contribution in [2.24, 2.45) is 7.05 Å². The number of pyridine rings is 2. The number of H-pyrrole nitrogens is 2. The largest absolute Gasteiger partial charge is 0.336 e. The van der Waals surface area contributed by atoms with Gasteiger partial charge in [0.25, 0.3) is 0 Å². The second-order valence-corrected chi connectivity index (χ2v) is 7.07. The highest BCUT2D eigenvalue weighted by Crippen LogP contribution is 2.31. The Morgan fingerprint density at radius 1 is 0.867 bits per heavy atom. The van der Waals surface area contributed by atoms with Gasteiger partial charge >= 0.3 is 0 Å². The van der Waals surface area contributed by atoms with E-state index in [0.29, 0.717) is 11.5 Å². The number of benzene rings is 1. The maximum Gasteiger partial charge on any atom is 0.161 e. The highest BCUT2D eigenvalue weighted by molar-refractivity contribution is 5.95. The number of hydrogen-bond acceptors (Lipinski definition) is 5. The van der Waals surface area contributed by atoms with E-state index in [1.807, 2.05) is 61.8 Å². The molecule has 0 aliphatic carbocycles. The molecule has 0 bridgehead atoms. The summed E-state index contributed by atoms with van der Waals surface area (Å²) >= 11 is 0. The van der Waals surface area contributed by atoms with Crippen LogP contribution in [0.4, 0.5) is 0 Å². The van der Waals surface area contributed by atoms with Gasteiger partial charge in [-0.05, 0) is 30.3 Å². The summed E-state index contributed by atoms with van der Waals surface area (Å²) in [7, 11) is 1.89. The summed E-state index contributed by atoms with van der Waals surface area (Å²) in [5.74, 6) is 0.662. The van der Waals surface area contributed by atoms with Crippen LogP contribution in [0.1, 0.15) is 0 Å². The minimum Gasteiger partial charge on any atom is -0.336 e. The molecule has 0 saturated carbocycles. The molecule has 30 heavy (non-hydrogen) atoms. The molecule has 144 valence electrons. The number of aromatic nitrogens is 8. The predicted molar refractivity (Wildman–Crippen MR) is 114 cm³/mol. The number of aromatic amines is 2. The second kappa shape index (κ2) is 6.35. The summed E-state index contributed by atoms with van der Waals surface area (Å²) in [6.45, 7) is 0. The lowest BCUT2D eigenvalue weighted by Crippen LogP contribution is -1.87. The first-order valence-electron chi connectivity index (χ1n) is 9.51. The molecular formula is C22H16N8. The van der Waals surface area contributed by atoms with E-state index in [1.54, 1.807) is 17.1 Å². The topological polar surface area (TPSA) is 101 Å². The predicted octanol–water partition coefficient (Wildman–Crippen LogP) is 3.96. The fourth-order valence-corrected chi connectivity index (χ4v) is 3.65. The number of aryl methyl sites for hydroxylation is 1. The van der Waals surface area contributed by atoms with Crippen LogP contribution in [0, 0.1) is 0 Å². The summed E-state index contributed by atoms with van der Waals surface area (Å²) in [4.78, 5) is 17.5. The van der Waals surface area contributed by atoms with E-state index in [9.17, 15) is 0 Å². The molecule has 0 saturated heterocycles. The van der Waals surface area contributed by atoms with Crippen LogP contribution in [0.3, 0.4) is 0 Å². The summed E-state index contributed by atoms with van der Waals surface area (Å²) in [5, 5.41) is 11.8. The Kier molecular flexibility index (Phi) is 3.51. The summed E-state index contributed by atoms with van der Waals surface area (Å²) in [6.07, 6.45) is 5.52. The smallest absolute Gasteiger partial charge is 0.161 e. The first-order chi connectivity index (χ1) is 14.8. The number of nitrogens with one attached hydrogen (secondary N) is 2. The highest BCUT2D eigenvalue weighted by Gasteiger charge is 2.17. The van der Waals surface area contributed by atoms with Crippen LogP contribution in [0.2, 0.25) is 0 Å². The standard InChI is InChI=1S/C22H16N8/c1-30-12-13(11-24-30)15-8-9-18-20(25-15)21(29-28-18)22-26-17-7-4-5-14(19(17)27-22)16-6-2-3-10-23-16/h2-12H,1H3,(H,26,27)(H,28,29). The molecule has 0 spiro atoms. The minimum absolute atomic E-state index is 0.662. The monoisotopic (exact) mass is 392 g/mol. The Hall–Kier alpha value is -4.33. The molecule has 0 aliphatic rings. The van der Waals surface area contributed by atoms with Crippen LogP contribution in [0.5, 0.6) is 0 Å². The van der Waals surface area contributed by atoms with Gasteiger partial charge in [-0.2, -0.15) is 10.2 Å². The van der Waals surface area contributed by atoms with Crippen molar-refractivity contribution in [1.29, 1.82) is 0 Å². The van der Waals surface area contributed by atoms with Crippen LogP contribution in [0.15, 0.2) is 67.1 Å². The van der Waals surface area contributed by atoms with Crippen molar-refractivity contribution in [3.63, 3.8) is 0 Å². The van der Waals surface area contributed by atoms with Gasteiger partial charge in [0.15, 0.2) is 11.5 Å². The van der Waals surface area contributed by atoms with Crippen LogP contribution in [-0.4, -0.2) is 39.9 Å². The average Bonchev–Trinajstić information content (AvgIpc) is 3.50. The zero-order valence-corrected chi connectivity index (χ0v) is 16.0. The van der Waals surface area contributed by atoms with E-state index in [0.717, 1.165) is 44.6 Å². The van der Waals surface area contributed by atoms with Crippen LogP contribution in [0.25, 0.3) is 56.1 Å². The molecule has 0 unspecified atom stereocenters. The van der Waals surface area contributed by atoms with E-state index in [-0.39, 0.29) is 0 Å². The van der Waals surface area contributed by atoms with Gasteiger partial charge in [0.1, 0.15) is 5.52 Å². The Labute approximate surface area is 170 Å². The lowest BCUT2D eigenvalue weighted by atomic mass is 10.1. The van der Waals surface area contributed by atoms with Gasteiger partial charge in [-0.15, -0.1) is 0 Å². The SMILES string of the molecule is Cn1cc(-c2ccc3[nH]nc(-c4nc5c(-c6ccccn6)cccc5[nH]4)c3n2)cn1. The first-order valence-corrected chi connectivity index (χ1v) is 9.51. The van der Waals surface area contributed by atoms with Gasteiger partial charge in [-0.25, -0.2) is 9.97 Å². The van der Waals surface area contributed by atoms with Crippen molar-refractivity contribution < 1.29 is 0 Å². The second-order valence-electron chi connectivity index (χ2n) is 7.07. The molecule has 6 rings (SSSR count). The van der Waals surface area contributed by atoms with Crippen molar-refractivity contribution in [1.82, 2.24) is 39.9 Å². The molecule has 0 aliphatic heterocycles. The Bertz CT molecular complexity index is 1510. The third-order valence-electron chi connectivity index (χ3n) is 5.09. The van der Waals surface area contributed by atoms with Crippen LogP contribution in [-0.2, 0) is 7.05 Å². The average molecular weight is 392 g/mol. The van der Waals surface area contributed by atoms with E-state index >= 15 is 0 Å². The molecule has 8 heteroatoms. The Balaban J connectivity index is 1.52. The molecule has 0 amide bonds. The summed E-state index contributed by atoms with van der Waals surface area (Å²) < 4.78 is 1.76. The Morgan fingerprint density at radius 2 is 1.83 bits per heavy atom. The van der Waals surface area contributed by atoms with Gasteiger partial charge in [0.2, 0.25) is 0 Å². The van der Waals surface area contributed by atoms with Crippen molar-refractivity contribution in [3.8, 4) is 34.0 Å². The van der Waals surface area contributed by atoms with E-state index in [4.69, 9.17) is 9.97 Å². The Morgan fingerprint density at radius 3 is 2.67 bits per heavy atom. The molecular weight excluding hydrogens is 376 g/mol. The molecule has 8 nitrogen and oxygen atoms in total. The number of rotatable bonds is 3. The van der Waals surface area contributed by atoms with E-state index in [1.165, 1.54) is 0 Å². The van der Waals surface area contributed by atoms with Crippen LogP contribution >= 0.6 is 0 Å². The van der Waals surface area contributed by atoms with Gasteiger partial charge in [-0.3, -0.25) is 14.8 Å². The fourth-order valence-electron chi connectivity index (χ4n) is 3.65. The van der Waals surface area contributed by atoms with Crippen molar-refractivity contribution in [2.45, 2.75) is 0 Å². The third kappa shape index (κ3) is 2.58. The van der Waals surface area contributed by atoms with E-state index in [2.05, 4.69) is 25.3 Å². The number of hydrogen-bond donors (Lipinski definition) is 2. The van der Waals surface area contributed by atoms with Gasteiger partial charge in [-0.1, -0.05) is 18.2 Å². The van der Waals surface area contributed by atoms with Crippen molar-refractivity contribution >= 4 is 22.1 Å². The molecule has 5 heterocycles. The van der Waals surface area contributed by atoms with Crippen LogP contribution < -0.4 is 0 Å². The number of fused-ring (bicyclic) bond motifs is 2. The molecule has 6 aromatic rings. The van der Waals surface area contributed by atoms with Crippen molar-refractivity contribution in [3.05, 3.63) is 67.1 Å². The molecule has 5 aromatic heterocycles. The fraction of sp³-hybridized carbons (Fsp3) is 0.0455. The summed E-state index contributed by atoms with van der Waals surface area (Å²) in [6, 6.07) is 15.8. The van der Waals surface area contributed by atoms with E-state index < -0.39 is 0 Å². The number of imidazole rings is 1. The van der Waals surface area contributed by atoms with Gasteiger partial charge < -0.3 is 4.98 Å². The zero-order valence-electron chi connectivity index (χ0n) is 16.0. The molecule has 0 atom stereocenters. The first kappa shape index (κ1) is 16.6. The lowest BCUT2D eigenvalue weighted by Gasteiger charge is -2.00. The minimum atomic E-state index is 0.662. The molecule has 0 radical (unpaired) electrons. The number of nitrogens with zero attached hydrogens (tertiary/aromatic N) is 6.